The van der Waals surface area contributed by atoms with Gasteiger partial charge in [-0.25, -0.2) is 0 Å². The molecule has 0 spiro atoms. The van der Waals surface area contributed by atoms with Crippen molar-refractivity contribution in [3.63, 3.8) is 0 Å². The van der Waals surface area contributed by atoms with E-state index < -0.39 is 6.04 Å². The molecule has 0 aliphatic rings. The van der Waals surface area contributed by atoms with E-state index in [9.17, 15) is 4.79 Å². The molecule has 4 heteroatoms. The molecule has 0 radical (unpaired) electrons. The summed E-state index contributed by atoms with van der Waals surface area (Å²) < 4.78 is 0. The van der Waals surface area contributed by atoms with Gasteiger partial charge in [-0.15, -0.1) is 0 Å². The van der Waals surface area contributed by atoms with Crippen molar-refractivity contribution in [3.05, 3.63) is 65.5 Å². The number of nitrogens with zero attached hydrogens (tertiary/aromatic N) is 1. The van der Waals surface area contributed by atoms with E-state index in [2.05, 4.69) is 41.5 Å². The van der Waals surface area contributed by atoms with Crippen LogP contribution in [0.15, 0.2) is 48.7 Å². The molecule has 0 bridgehead atoms. The molecule has 1 heterocycles. The lowest BCUT2D eigenvalue weighted by molar-refractivity contribution is -0.122. The number of pyridine rings is 1. The summed E-state index contributed by atoms with van der Waals surface area (Å²) in [6.45, 7) is 3.73. The zero-order valence-corrected chi connectivity index (χ0v) is 12.4. The van der Waals surface area contributed by atoms with Crippen molar-refractivity contribution < 1.29 is 4.79 Å². The normalized spacial score (nSPS) is 13.5. The summed E-state index contributed by atoms with van der Waals surface area (Å²) in [5.41, 5.74) is 8.85. The summed E-state index contributed by atoms with van der Waals surface area (Å²) >= 11 is 0. The van der Waals surface area contributed by atoms with E-state index in [0.717, 1.165) is 11.3 Å². The topological polar surface area (TPSA) is 68.0 Å². The van der Waals surface area contributed by atoms with Crippen LogP contribution in [-0.4, -0.2) is 16.9 Å². The average Bonchev–Trinajstić information content (AvgIpc) is 2.49. The Bertz CT molecular complexity index is 579. The van der Waals surface area contributed by atoms with E-state index in [-0.39, 0.29) is 11.9 Å². The molecule has 1 amide bonds. The van der Waals surface area contributed by atoms with Gasteiger partial charge in [0.15, 0.2) is 0 Å². The van der Waals surface area contributed by atoms with Crippen molar-refractivity contribution >= 4 is 5.91 Å². The zero-order chi connectivity index (χ0) is 15.2. The van der Waals surface area contributed by atoms with Crippen molar-refractivity contribution in [3.8, 4) is 0 Å². The van der Waals surface area contributed by atoms with Crippen LogP contribution in [0.3, 0.4) is 0 Å². The molecule has 2 atom stereocenters. The maximum absolute atomic E-state index is 11.9. The van der Waals surface area contributed by atoms with Gasteiger partial charge in [-0.1, -0.05) is 35.9 Å². The highest BCUT2D eigenvalue weighted by molar-refractivity contribution is 5.81. The molecular formula is C17H21N3O. The van der Waals surface area contributed by atoms with Gasteiger partial charge in [0.2, 0.25) is 5.91 Å². The van der Waals surface area contributed by atoms with Gasteiger partial charge in [-0.3, -0.25) is 9.78 Å². The highest BCUT2D eigenvalue weighted by Gasteiger charge is 2.18. The fraction of sp³-hybridized carbons (Fsp3) is 0.294. The van der Waals surface area contributed by atoms with Crippen LogP contribution >= 0.6 is 0 Å². The Morgan fingerprint density at radius 3 is 2.52 bits per heavy atom. The summed E-state index contributed by atoms with van der Waals surface area (Å²) in [5, 5.41) is 2.97. The number of aryl methyl sites for hydroxylation is 1. The van der Waals surface area contributed by atoms with Gasteiger partial charge in [-0.05, 0) is 38.0 Å². The Hall–Kier alpha value is -2.20. The minimum Gasteiger partial charge on any atom is -0.346 e. The molecule has 21 heavy (non-hydrogen) atoms. The van der Waals surface area contributed by atoms with Crippen LogP contribution < -0.4 is 11.1 Å². The van der Waals surface area contributed by atoms with E-state index in [1.165, 1.54) is 5.56 Å². The van der Waals surface area contributed by atoms with E-state index in [1.54, 1.807) is 13.1 Å². The molecule has 110 valence electrons. The third kappa shape index (κ3) is 4.39. The Balaban J connectivity index is 2.19. The summed E-state index contributed by atoms with van der Waals surface area (Å²) in [7, 11) is 0. The molecule has 1 aromatic heterocycles. The molecule has 4 nitrogen and oxygen atoms in total. The van der Waals surface area contributed by atoms with Crippen LogP contribution in [0.1, 0.15) is 29.8 Å². The minimum atomic E-state index is -0.533. The van der Waals surface area contributed by atoms with Crippen LogP contribution in [0.2, 0.25) is 0 Å². The molecule has 1 aromatic carbocycles. The third-order valence-corrected chi connectivity index (χ3v) is 3.34. The van der Waals surface area contributed by atoms with Gasteiger partial charge in [0.05, 0.1) is 17.8 Å². The highest BCUT2D eigenvalue weighted by atomic mass is 16.2. The van der Waals surface area contributed by atoms with Crippen molar-refractivity contribution in [1.82, 2.24) is 10.3 Å². The van der Waals surface area contributed by atoms with Crippen LogP contribution in [0, 0.1) is 6.92 Å². The fourth-order valence-corrected chi connectivity index (χ4v) is 2.07. The van der Waals surface area contributed by atoms with Gasteiger partial charge < -0.3 is 11.1 Å². The van der Waals surface area contributed by atoms with Gasteiger partial charge in [0.1, 0.15) is 0 Å². The average molecular weight is 283 g/mol. The lowest BCUT2D eigenvalue weighted by Gasteiger charge is -2.20. The zero-order valence-electron chi connectivity index (χ0n) is 12.4. The van der Waals surface area contributed by atoms with Crippen LogP contribution in [0.5, 0.6) is 0 Å². The van der Waals surface area contributed by atoms with Gasteiger partial charge in [0.25, 0.3) is 0 Å². The molecule has 0 aliphatic carbocycles. The van der Waals surface area contributed by atoms with Gasteiger partial charge >= 0.3 is 0 Å². The third-order valence-electron chi connectivity index (χ3n) is 3.34. The highest BCUT2D eigenvalue weighted by Crippen LogP contribution is 2.17. The predicted octanol–water partition coefficient (Wildman–Crippen LogP) is 2.14. The molecule has 2 unspecified atom stereocenters. The number of nitrogens with one attached hydrogen (secondary N) is 1. The molecule has 2 aromatic rings. The number of hydrogen-bond acceptors (Lipinski definition) is 3. The lowest BCUT2D eigenvalue weighted by Crippen LogP contribution is -2.41. The number of aromatic nitrogens is 1. The first-order valence-electron chi connectivity index (χ1n) is 7.08. The second-order valence-corrected chi connectivity index (χ2v) is 5.29. The number of carbonyl (C=O) groups is 1. The first kappa shape index (κ1) is 15.2. The molecule has 0 fully saturated rings. The smallest absolute Gasteiger partial charge is 0.237 e. The number of carbonyl (C=O) groups excluding carboxylic acids is 1. The number of rotatable bonds is 5. The van der Waals surface area contributed by atoms with Crippen molar-refractivity contribution in [1.29, 1.82) is 0 Å². The minimum absolute atomic E-state index is 0.169. The summed E-state index contributed by atoms with van der Waals surface area (Å²) in [6, 6.07) is 13.3. The Morgan fingerprint density at radius 1 is 1.24 bits per heavy atom. The SMILES string of the molecule is Cc1ccc(CC(NC(=O)C(C)N)c2ccccn2)cc1. The Labute approximate surface area is 125 Å². The Kier molecular flexibility index (Phi) is 5.06. The summed E-state index contributed by atoms with van der Waals surface area (Å²) in [4.78, 5) is 16.3. The van der Waals surface area contributed by atoms with E-state index in [4.69, 9.17) is 5.73 Å². The number of nitrogens with two attached hydrogens (primary N) is 1. The standard InChI is InChI=1S/C17H21N3O/c1-12-6-8-14(9-7-12)11-16(20-17(21)13(2)18)15-5-3-4-10-19-15/h3-10,13,16H,11,18H2,1-2H3,(H,20,21). The molecular weight excluding hydrogens is 262 g/mol. The van der Waals surface area contributed by atoms with Gasteiger partial charge in [0, 0.05) is 6.20 Å². The first-order valence-corrected chi connectivity index (χ1v) is 7.08. The molecule has 0 aliphatic heterocycles. The summed E-state index contributed by atoms with van der Waals surface area (Å²) in [5.74, 6) is -0.169. The quantitative estimate of drug-likeness (QED) is 0.883. The van der Waals surface area contributed by atoms with Gasteiger partial charge in [-0.2, -0.15) is 0 Å². The second kappa shape index (κ2) is 6.99. The lowest BCUT2D eigenvalue weighted by atomic mass is 10.0. The van der Waals surface area contributed by atoms with E-state index in [0.29, 0.717) is 6.42 Å². The van der Waals surface area contributed by atoms with Crippen LogP contribution in [0.4, 0.5) is 0 Å². The molecule has 3 N–H and O–H groups in total. The molecule has 2 rings (SSSR count). The second-order valence-electron chi connectivity index (χ2n) is 5.29. The Morgan fingerprint density at radius 2 is 1.95 bits per heavy atom. The van der Waals surface area contributed by atoms with Crippen molar-refractivity contribution in [2.24, 2.45) is 5.73 Å². The summed E-state index contributed by atoms with van der Waals surface area (Å²) in [6.07, 6.45) is 2.42. The van der Waals surface area contributed by atoms with Crippen molar-refractivity contribution in [2.45, 2.75) is 32.4 Å². The van der Waals surface area contributed by atoms with Crippen LogP contribution in [0.25, 0.3) is 0 Å². The van der Waals surface area contributed by atoms with E-state index >= 15 is 0 Å². The first-order chi connectivity index (χ1) is 10.1. The largest absolute Gasteiger partial charge is 0.346 e. The molecule has 0 saturated carbocycles. The number of benzene rings is 1. The number of amides is 1. The fourth-order valence-electron chi connectivity index (χ4n) is 2.07. The van der Waals surface area contributed by atoms with Crippen LogP contribution in [-0.2, 0) is 11.2 Å². The maximum Gasteiger partial charge on any atom is 0.237 e. The number of hydrogen-bond donors (Lipinski definition) is 2. The van der Waals surface area contributed by atoms with E-state index in [1.807, 2.05) is 18.2 Å². The van der Waals surface area contributed by atoms with Crippen molar-refractivity contribution in [2.75, 3.05) is 0 Å². The predicted molar refractivity (Wildman–Crippen MR) is 83.7 cm³/mol. The molecule has 0 saturated heterocycles. The monoisotopic (exact) mass is 283 g/mol. The maximum atomic E-state index is 11.9.